The van der Waals surface area contributed by atoms with Gasteiger partial charge in [-0.15, -0.1) is 0 Å². The number of hydrogen-bond donors (Lipinski definition) is 1. The third kappa shape index (κ3) is 5.57. The Bertz CT molecular complexity index is 986. The smallest absolute Gasteiger partial charge is 0.349 e. The molecule has 10 heteroatoms. The predicted octanol–water partition coefficient (Wildman–Crippen LogP) is 4.46. The molecule has 1 N–H and O–H groups in total. The lowest BCUT2D eigenvalue weighted by Crippen LogP contribution is -2.44. The van der Waals surface area contributed by atoms with Crippen molar-refractivity contribution in [2.75, 3.05) is 13.1 Å². The molecule has 0 unspecified atom stereocenters. The van der Waals surface area contributed by atoms with E-state index < -0.39 is 34.1 Å². The first-order chi connectivity index (χ1) is 14.5. The highest BCUT2D eigenvalue weighted by atomic mass is 19.4. The summed E-state index contributed by atoms with van der Waals surface area (Å²) in [5, 5.41) is 13.8. The number of piperidine rings is 1. The minimum atomic E-state index is -4.39. The fraction of sp³-hybridized carbons (Fsp3) is 0.381. The van der Waals surface area contributed by atoms with Gasteiger partial charge in [0.1, 0.15) is 5.82 Å². The molecule has 6 nitrogen and oxygen atoms in total. The number of nitro groups is 1. The lowest BCUT2D eigenvalue weighted by Gasteiger charge is -2.32. The van der Waals surface area contributed by atoms with E-state index in [1.54, 1.807) is 6.07 Å². The predicted molar refractivity (Wildman–Crippen MR) is 105 cm³/mol. The highest BCUT2D eigenvalue weighted by Crippen LogP contribution is 2.30. The fourth-order valence-corrected chi connectivity index (χ4v) is 3.59. The molecule has 0 aliphatic carbocycles. The van der Waals surface area contributed by atoms with E-state index in [0.29, 0.717) is 38.0 Å². The van der Waals surface area contributed by atoms with Crippen molar-refractivity contribution in [3.63, 3.8) is 0 Å². The zero-order chi connectivity index (χ0) is 22.8. The molecule has 0 bridgehead atoms. The summed E-state index contributed by atoms with van der Waals surface area (Å²) in [4.78, 5) is 24.7. The van der Waals surface area contributed by atoms with E-state index in [4.69, 9.17) is 0 Å². The quantitative estimate of drug-likeness (QED) is 0.424. The first-order valence-corrected chi connectivity index (χ1v) is 9.68. The number of carbonyl (C=O) groups is 1. The van der Waals surface area contributed by atoms with E-state index in [2.05, 4.69) is 5.32 Å². The van der Waals surface area contributed by atoms with Crippen LogP contribution in [0.5, 0.6) is 0 Å². The van der Waals surface area contributed by atoms with Crippen LogP contribution in [0.4, 0.5) is 23.2 Å². The number of halogens is 4. The topological polar surface area (TPSA) is 75.5 Å². The SMILES string of the molecule is Cc1c(F)cc(C(=O)NC2CCN(Cc3cccc(C(F)(F)F)c3)CC2)cc1[N+](=O)[O-]. The van der Waals surface area contributed by atoms with Crippen molar-refractivity contribution in [1.29, 1.82) is 0 Å². The van der Waals surface area contributed by atoms with Crippen LogP contribution in [0.15, 0.2) is 36.4 Å². The van der Waals surface area contributed by atoms with Crippen molar-refractivity contribution in [3.05, 3.63) is 74.6 Å². The minimum Gasteiger partial charge on any atom is -0.349 e. The van der Waals surface area contributed by atoms with E-state index in [1.165, 1.54) is 13.0 Å². The van der Waals surface area contributed by atoms with Crippen LogP contribution in [0.1, 0.15) is 39.9 Å². The average molecular weight is 439 g/mol. The second kappa shape index (κ2) is 9.01. The van der Waals surface area contributed by atoms with Crippen molar-refractivity contribution in [1.82, 2.24) is 10.2 Å². The zero-order valence-corrected chi connectivity index (χ0v) is 16.7. The number of carbonyl (C=O) groups excluding carboxylic acids is 1. The van der Waals surface area contributed by atoms with Crippen LogP contribution >= 0.6 is 0 Å². The van der Waals surface area contributed by atoms with Gasteiger partial charge in [0.25, 0.3) is 11.6 Å². The third-order valence-corrected chi connectivity index (χ3v) is 5.36. The number of nitrogens with one attached hydrogen (secondary N) is 1. The van der Waals surface area contributed by atoms with Crippen LogP contribution in [0, 0.1) is 22.9 Å². The number of nitrogens with zero attached hydrogens (tertiary/aromatic N) is 2. The fourth-order valence-electron chi connectivity index (χ4n) is 3.59. The van der Waals surface area contributed by atoms with E-state index in [9.17, 15) is 32.5 Å². The van der Waals surface area contributed by atoms with Gasteiger partial charge in [0.05, 0.1) is 16.1 Å². The lowest BCUT2D eigenvalue weighted by atomic mass is 10.0. The van der Waals surface area contributed by atoms with E-state index in [1.807, 2.05) is 4.90 Å². The molecule has 2 aromatic carbocycles. The average Bonchev–Trinajstić information content (AvgIpc) is 2.70. The number of amides is 1. The van der Waals surface area contributed by atoms with Gasteiger partial charge in [-0.05, 0) is 37.5 Å². The number of hydrogen-bond acceptors (Lipinski definition) is 4. The minimum absolute atomic E-state index is 0.124. The van der Waals surface area contributed by atoms with Crippen molar-refractivity contribution < 1.29 is 27.3 Å². The van der Waals surface area contributed by atoms with Gasteiger partial charge in [-0.1, -0.05) is 18.2 Å². The summed E-state index contributed by atoms with van der Waals surface area (Å²) in [6, 6.07) is 6.99. The molecule has 1 saturated heterocycles. The van der Waals surface area contributed by atoms with Crippen LogP contribution in [0.2, 0.25) is 0 Å². The van der Waals surface area contributed by atoms with Crippen LogP contribution < -0.4 is 5.32 Å². The molecule has 0 aromatic heterocycles. The number of benzene rings is 2. The monoisotopic (exact) mass is 439 g/mol. The summed E-state index contributed by atoms with van der Waals surface area (Å²) in [6.45, 7) is 2.75. The Morgan fingerprint density at radius 3 is 2.52 bits per heavy atom. The van der Waals surface area contributed by atoms with Crippen molar-refractivity contribution in [2.24, 2.45) is 0 Å². The van der Waals surface area contributed by atoms with Gasteiger partial charge < -0.3 is 5.32 Å². The largest absolute Gasteiger partial charge is 0.416 e. The summed E-state index contributed by atoms with van der Waals surface area (Å²) in [5.74, 6) is -1.42. The molecule has 31 heavy (non-hydrogen) atoms. The van der Waals surface area contributed by atoms with Gasteiger partial charge in [0.2, 0.25) is 0 Å². The maximum absolute atomic E-state index is 13.9. The molecule has 2 aromatic rings. The molecule has 0 spiro atoms. The Morgan fingerprint density at radius 2 is 1.90 bits per heavy atom. The van der Waals surface area contributed by atoms with Gasteiger partial charge in [-0.25, -0.2) is 4.39 Å². The maximum Gasteiger partial charge on any atom is 0.416 e. The first kappa shape index (κ1) is 22.7. The molecule has 1 fully saturated rings. The van der Waals surface area contributed by atoms with Gasteiger partial charge in [-0.2, -0.15) is 13.2 Å². The maximum atomic E-state index is 13.9. The normalized spacial score (nSPS) is 15.6. The summed E-state index contributed by atoms with van der Waals surface area (Å²) in [5.41, 5.74) is -0.849. The molecule has 0 saturated carbocycles. The lowest BCUT2D eigenvalue weighted by molar-refractivity contribution is -0.385. The second-order valence-corrected chi connectivity index (χ2v) is 7.58. The van der Waals surface area contributed by atoms with Crippen molar-refractivity contribution >= 4 is 11.6 Å². The van der Waals surface area contributed by atoms with Crippen molar-refractivity contribution in [2.45, 2.75) is 38.5 Å². The third-order valence-electron chi connectivity index (χ3n) is 5.36. The molecule has 0 atom stereocenters. The van der Waals surface area contributed by atoms with E-state index in [0.717, 1.165) is 24.3 Å². The van der Waals surface area contributed by atoms with Gasteiger partial charge in [0, 0.05) is 37.3 Å². The Kier molecular flexibility index (Phi) is 6.59. The van der Waals surface area contributed by atoms with E-state index in [-0.39, 0.29) is 17.2 Å². The molecular weight excluding hydrogens is 418 g/mol. The second-order valence-electron chi connectivity index (χ2n) is 7.58. The summed E-state index contributed by atoms with van der Waals surface area (Å²) in [7, 11) is 0. The zero-order valence-electron chi connectivity index (χ0n) is 16.7. The first-order valence-electron chi connectivity index (χ1n) is 9.68. The number of rotatable bonds is 5. The Balaban J connectivity index is 1.57. The molecule has 166 valence electrons. The Hall–Kier alpha value is -3.01. The van der Waals surface area contributed by atoms with E-state index >= 15 is 0 Å². The number of nitro benzene ring substituents is 1. The molecule has 0 radical (unpaired) electrons. The van der Waals surface area contributed by atoms with Crippen LogP contribution in [0.3, 0.4) is 0 Å². The Morgan fingerprint density at radius 1 is 1.23 bits per heavy atom. The van der Waals surface area contributed by atoms with Crippen LogP contribution in [-0.4, -0.2) is 34.9 Å². The Labute approximate surface area is 176 Å². The van der Waals surface area contributed by atoms with Gasteiger partial charge >= 0.3 is 6.18 Å². The van der Waals surface area contributed by atoms with Crippen LogP contribution in [0.25, 0.3) is 0 Å². The summed E-state index contributed by atoms with van der Waals surface area (Å²) >= 11 is 0. The molecule has 1 amide bonds. The molecule has 1 heterocycles. The molecule has 1 aliphatic heterocycles. The standard InChI is InChI=1S/C21H21F4N3O3/c1-13-18(22)10-15(11-19(13)28(30)31)20(29)26-17-5-7-27(8-6-17)12-14-3-2-4-16(9-14)21(23,24)25/h2-4,9-11,17H,5-8,12H2,1H3,(H,26,29). The van der Waals surface area contributed by atoms with Crippen molar-refractivity contribution in [3.8, 4) is 0 Å². The van der Waals surface area contributed by atoms with Crippen LogP contribution in [-0.2, 0) is 12.7 Å². The highest BCUT2D eigenvalue weighted by Gasteiger charge is 2.30. The number of alkyl halides is 3. The molecule has 1 aliphatic rings. The highest BCUT2D eigenvalue weighted by molar-refractivity contribution is 5.95. The van der Waals surface area contributed by atoms with Gasteiger partial charge in [-0.3, -0.25) is 19.8 Å². The number of likely N-dealkylation sites (tertiary alicyclic amines) is 1. The molecular formula is C21H21F4N3O3. The summed E-state index contributed by atoms with van der Waals surface area (Å²) in [6.07, 6.45) is -3.28. The molecule has 3 rings (SSSR count). The van der Waals surface area contributed by atoms with Gasteiger partial charge in [0.15, 0.2) is 0 Å². The summed E-state index contributed by atoms with van der Waals surface area (Å²) < 4.78 is 52.5.